The van der Waals surface area contributed by atoms with Crippen LogP contribution in [-0.4, -0.2) is 26.5 Å². The van der Waals surface area contributed by atoms with Crippen molar-refractivity contribution in [2.75, 3.05) is 20.7 Å². The van der Waals surface area contributed by atoms with E-state index in [1.165, 1.54) is 13.2 Å². The molecular formula is C11H14FNO2. The standard InChI is InChI=1S/C11H14FNO2/c1-7-9(12)4-8(5-11(7)15-3)10(14)6-13-2/h4-5,13H,6H2,1-3H3. The smallest absolute Gasteiger partial charge is 0.176 e. The van der Waals surface area contributed by atoms with Crippen molar-refractivity contribution in [1.82, 2.24) is 5.32 Å². The van der Waals surface area contributed by atoms with E-state index in [1.54, 1.807) is 20.0 Å². The normalized spacial score (nSPS) is 10.1. The van der Waals surface area contributed by atoms with Gasteiger partial charge in [-0.3, -0.25) is 4.79 Å². The Labute approximate surface area is 88.2 Å². The van der Waals surface area contributed by atoms with Crippen molar-refractivity contribution in [3.8, 4) is 5.75 Å². The van der Waals surface area contributed by atoms with Gasteiger partial charge in [0.2, 0.25) is 0 Å². The van der Waals surface area contributed by atoms with Crippen molar-refractivity contribution in [1.29, 1.82) is 0 Å². The van der Waals surface area contributed by atoms with Gasteiger partial charge in [0.25, 0.3) is 0 Å². The van der Waals surface area contributed by atoms with E-state index in [-0.39, 0.29) is 12.3 Å². The van der Waals surface area contributed by atoms with Gasteiger partial charge in [-0.05, 0) is 26.1 Å². The van der Waals surface area contributed by atoms with Crippen LogP contribution in [0.4, 0.5) is 4.39 Å². The molecule has 1 rings (SSSR count). The maximum absolute atomic E-state index is 13.4. The topological polar surface area (TPSA) is 38.3 Å². The fourth-order valence-electron chi connectivity index (χ4n) is 1.29. The van der Waals surface area contributed by atoms with Crippen molar-refractivity contribution in [3.63, 3.8) is 0 Å². The Bertz CT molecular complexity index is 377. The maximum Gasteiger partial charge on any atom is 0.176 e. The lowest BCUT2D eigenvalue weighted by atomic mass is 10.1. The van der Waals surface area contributed by atoms with Crippen LogP contribution in [0.5, 0.6) is 5.75 Å². The Hall–Kier alpha value is -1.42. The minimum Gasteiger partial charge on any atom is -0.496 e. The quantitative estimate of drug-likeness (QED) is 0.768. The van der Waals surface area contributed by atoms with Crippen LogP contribution in [0.25, 0.3) is 0 Å². The second kappa shape index (κ2) is 4.89. The molecule has 4 heteroatoms. The van der Waals surface area contributed by atoms with Crippen molar-refractivity contribution < 1.29 is 13.9 Å². The zero-order chi connectivity index (χ0) is 11.4. The highest BCUT2D eigenvalue weighted by molar-refractivity contribution is 5.98. The maximum atomic E-state index is 13.4. The minimum atomic E-state index is -0.422. The highest BCUT2D eigenvalue weighted by Crippen LogP contribution is 2.22. The van der Waals surface area contributed by atoms with E-state index in [9.17, 15) is 9.18 Å². The zero-order valence-electron chi connectivity index (χ0n) is 9.06. The first-order valence-electron chi connectivity index (χ1n) is 4.62. The third-order valence-corrected chi connectivity index (χ3v) is 2.18. The number of carbonyl (C=O) groups excluding carboxylic acids is 1. The lowest BCUT2D eigenvalue weighted by molar-refractivity contribution is 0.0993. The molecule has 0 aromatic heterocycles. The van der Waals surface area contributed by atoms with Crippen LogP contribution in [0.1, 0.15) is 15.9 Å². The number of Topliss-reactive ketones (excluding diaryl/α,β-unsaturated/α-hetero) is 1. The average molecular weight is 211 g/mol. The van der Waals surface area contributed by atoms with E-state index >= 15 is 0 Å². The highest BCUT2D eigenvalue weighted by Gasteiger charge is 2.12. The minimum absolute atomic E-state index is 0.158. The summed E-state index contributed by atoms with van der Waals surface area (Å²) in [4.78, 5) is 11.5. The zero-order valence-corrected chi connectivity index (χ0v) is 9.06. The van der Waals surface area contributed by atoms with Crippen LogP contribution in [0, 0.1) is 12.7 Å². The summed E-state index contributed by atoms with van der Waals surface area (Å²) in [5.41, 5.74) is 0.739. The fraction of sp³-hybridized carbons (Fsp3) is 0.364. The number of methoxy groups -OCH3 is 1. The number of halogens is 1. The molecule has 0 aliphatic heterocycles. The molecule has 1 aromatic rings. The molecule has 1 aromatic carbocycles. The number of ether oxygens (including phenoxy) is 1. The largest absolute Gasteiger partial charge is 0.496 e. The Morgan fingerprint density at radius 1 is 1.53 bits per heavy atom. The molecule has 15 heavy (non-hydrogen) atoms. The number of ketones is 1. The van der Waals surface area contributed by atoms with Gasteiger partial charge in [0.15, 0.2) is 5.78 Å². The van der Waals surface area contributed by atoms with Crippen molar-refractivity contribution in [2.24, 2.45) is 0 Å². The number of rotatable bonds is 4. The molecule has 0 saturated heterocycles. The van der Waals surface area contributed by atoms with Crippen molar-refractivity contribution in [2.45, 2.75) is 6.92 Å². The summed E-state index contributed by atoms with van der Waals surface area (Å²) in [6.07, 6.45) is 0. The molecule has 0 saturated carbocycles. The molecule has 0 amide bonds. The molecule has 3 nitrogen and oxygen atoms in total. The van der Waals surface area contributed by atoms with Crippen LogP contribution in [0.3, 0.4) is 0 Å². The second-order valence-corrected chi connectivity index (χ2v) is 3.24. The molecule has 0 unspecified atom stereocenters. The number of benzene rings is 1. The molecular weight excluding hydrogens is 197 g/mol. The van der Waals surface area contributed by atoms with Gasteiger partial charge in [-0.25, -0.2) is 4.39 Å². The first-order valence-corrected chi connectivity index (χ1v) is 4.62. The molecule has 0 radical (unpaired) electrons. The van der Waals surface area contributed by atoms with Crippen LogP contribution in [0.15, 0.2) is 12.1 Å². The highest BCUT2D eigenvalue weighted by atomic mass is 19.1. The third kappa shape index (κ3) is 2.53. The van der Waals surface area contributed by atoms with E-state index in [4.69, 9.17) is 4.74 Å². The monoisotopic (exact) mass is 211 g/mol. The Morgan fingerprint density at radius 3 is 2.73 bits per heavy atom. The SMILES string of the molecule is CNCC(=O)c1cc(F)c(C)c(OC)c1. The van der Waals surface area contributed by atoms with E-state index in [0.29, 0.717) is 16.9 Å². The molecule has 0 bridgehead atoms. The summed E-state index contributed by atoms with van der Waals surface area (Å²) >= 11 is 0. The van der Waals surface area contributed by atoms with Crippen LogP contribution >= 0.6 is 0 Å². The van der Waals surface area contributed by atoms with E-state index in [0.717, 1.165) is 0 Å². The van der Waals surface area contributed by atoms with Gasteiger partial charge in [-0.1, -0.05) is 0 Å². The molecule has 0 aliphatic carbocycles. The van der Waals surface area contributed by atoms with Crippen LogP contribution in [-0.2, 0) is 0 Å². The van der Waals surface area contributed by atoms with Gasteiger partial charge in [-0.15, -0.1) is 0 Å². The number of nitrogens with one attached hydrogen (secondary N) is 1. The van der Waals surface area contributed by atoms with Crippen molar-refractivity contribution >= 4 is 5.78 Å². The van der Waals surface area contributed by atoms with Gasteiger partial charge in [0.1, 0.15) is 11.6 Å². The van der Waals surface area contributed by atoms with Gasteiger partial charge < -0.3 is 10.1 Å². The predicted molar refractivity (Wildman–Crippen MR) is 55.9 cm³/mol. The molecule has 1 N–H and O–H groups in total. The van der Waals surface area contributed by atoms with Gasteiger partial charge in [-0.2, -0.15) is 0 Å². The number of hydrogen-bond acceptors (Lipinski definition) is 3. The summed E-state index contributed by atoms with van der Waals surface area (Å²) < 4.78 is 18.4. The van der Waals surface area contributed by atoms with Gasteiger partial charge >= 0.3 is 0 Å². The Balaban J connectivity index is 3.10. The lowest BCUT2D eigenvalue weighted by Crippen LogP contribution is -2.18. The number of carbonyl (C=O) groups is 1. The summed E-state index contributed by atoms with van der Waals surface area (Å²) in [6.45, 7) is 1.80. The molecule has 0 atom stereocenters. The summed E-state index contributed by atoms with van der Waals surface area (Å²) in [7, 11) is 3.12. The molecule has 0 aliphatic rings. The van der Waals surface area contributed by atoms with E-state index < -0.39 is 5.82 Å². The second-order valence-electron chi connectivity index (χ2n) is 3.24. The van der Waals surface area contributed by atoms with Crippen molar-refractivity contribution in [3.05, 3.63) is 29.1 Å². The third-order valence-electron chi connectivity index (χ3n) is 2.18. The number of hydrogen-bond donors (Lipinski definition) is 1. The van der Waals surface area contributed by atoms with Gasteiger partial charge in [0.05, 0.1) is 13.7 Å². The fourth-order valence-corrected chi connectivity index (χ4v) is 1.29. The molecule has 82 valence electrons. The number of likely N-dealkylation sites (N-methyl/N-ethyl adjacent to an activating group) is 1. The Morgan fingerprint density at radius 2 is 2.20 bits per heavy atom. The van der Waals surface area contributed by atoms with Crippen LogP contribution < -0.4 is 10.1 Å². The lowest BCUT2D eigenvalue weighted by Gasteiger charge is -2.08. The first-order chi connectivity index (χ1) is 7.10. The summed E-state index contributed by atoms with van der Waals surface area (Å²) in [5, 5.41) is 2.72. The molecule has 0 fully saturated rings. The summed E-state index contributed by atoms with van der Waals surface area (Å²) in [6, 6.07) is 2.79. The average Bonchev–Trinajstić information content (AvgIpc) is 2.22. The van der Waals surface area contributed by atoms with E-state index in [2.05, 4.69) is 5.32 Å². The van der Waals surface area contributed by atoms with E-state index in [1.807, 2.05) is 0 Å². The predicted octanol–water partition coefficient (Wildman–Crippen LogP) is 1.54. The first kappa shape index (κ1) is 11.7. The van der Waals surface area contributed by atoms with Crippen LogP contribution in [0.2, 0.25) is 0 Å². The molecule has 0 heterocycles. The summed E-state index contributed by atoms with van der Waals surface area (Å²) in [5.74, 6) is -0.182. The molecule has 0 spiro atoms. The van der Waals surface area contributed by atoms with Gasteiger partial charge in [0, 0.05) is 11.1 Å². The Kier molecular flexibility index (Phi) is 3.80.